The van der Waals surface area contributed by atoms with Crippen molar-refractivity contribution in [2.75, 3.05) is 19.6 Å². The van der Waals surface area contributed by atoms with Crippen LogP contribution in [-0.4, -0.2) is 47.8 Å². The smallest absolute Gasteiger partial charge is 0.334 e. The van der Waals surface area contributed by atoms with Gasteiger partial charge in [-0.15, -0.1) is 0 Å². The van der Waals surface area contributed by atoms with E-state index in [0.29, 0.717) is 6.54 Å². The number of amides is 1. The van der Waals surface area contributed by atoms with Crippen molar-refractivity contribution in [1.29, 1.82) is 0 Å². The molecule has 0 aliphatic carbocycles. The van der Waals surface area contributed by atoms with Crippen molar-refractivity contribution >= 4 is 11.9 Å². The van der Waals surface area contributed by atoms with E-state index >= 15 is 0 Å². The van der Waals surface area contributed by atoms with Crippen LogP contribution in [0.5, 0.6) is 0 Å². The third-order valence-corrected chi connectivity index (χ3v) is 3.49. The zero-order valence-corrected chi connectivity index (χ0v) is 10.2. The highest BCUT2D eigenvalue weighted by atomic mass is 16.4. The van der Waals surface area contributed by atoms with Crippen molar-refractivity contribution in [3.8, 4) is 0 Å². The van der Waals surface area contributed by atoms with Gasteiger partial charge in [0.2, 0.25) is 5.91 Å². The summed E-state index contributed by atoms with van der Waals surface area (Å²) in [5.74, 6) is -1.34. The molecule has 4 N–H and O–H groups in total. The van der Waals surface area contributed by atoms with E-state index in [1.165, 1.54) is 0 Å². The molecule has 0 aromatic carbocycles. The molecule has 6 nitrogen and oxygen atoms in total. The number of hydrogen-bond acceptors (Lipinski definition) is 4. The molecule has 1 aliphatic heterocycles. The number of carbonyl (C=O) groups excluding carboxylic acids is 1. The van der Waals surface area contributed by atoms with Gasteiger partial charge in [0.05, 0.1) is 12.0 Å². The summed E-state index contributed by atoms with van der Waals surface area (Å²) in [6.45, 7) is 5.08. The second-order valence-electron chi connectivity index (χ2n) is 4.80. The quantitative estimate of drug-likeness (QED) is 0.506. The van der Waals surface area contributed by atoms with Crippen molar-refractivity contribution in [2.24, 2.45) is 11.3 Å². The average Bonchev–Trinajstić information content (AvgIpc) is 2.75. The number of nitrogens with one attached hydrogen (secondary N) is 2. The first-order chi connectivity index (χ1) is 7.90. The van der Waals surface area contributed by atoms with E-state index in [1.54, 1.807) is 0 Å². The Morgan fingerprint density at radius 2 is 2.12 bits per heavy atom. The number of aliphatic hydroxyl groups is 1. The van der Waals surface area contributed by atoms with Crippen LogP contribution in [0.1, 0.15) is 20.3 Å². The lowest BCUT2D eigenvalue weighted by Gasteiger charge is -2.31. The van der Waals surface area contributed by atoms with Gasteiger partial charge in [0.15, 0.2) is 6.10 Å². The zero-order chi connectivity index (χ0) is 13.1. The third-order valence-electron chi connectivity index (χ3n) is 3.49. The van der Waals surface area contributed by atoms with Crippen molar-refractivity contribution < 1.29 is 19.8 Å². The predicted molar refractivity (Wildman–Crippen MR) is 61.4 cm³/mol. The van der Waals surface area contributed by atoms with Crippen molar-refractivity contribution in [3.63, 3.8) is 0 Å². The number of hydrogen-bond donors (Lipinski definition) is 4. The molecule has 1 fully saturated rings. The fourth-order valence-corrected chi connectivity index (χ4v) is 2.11. The normalized spacial score (nSPS) is 25.9. The Kier molecular flexibility index (Phi) is 4.47. The van der Waals surface area contributed by atoms with Gasteiger partial charge < -0.3 is 20.8 Å². The first-order valence-corrected chi connectivity index (χ1v) is 5.80. The van der Waals surface area contributed by atoms with Gasteiger partial charge in [-0.05, 0) is 18.9 Å². The van der Waals surface area contributed by atoms with Gasteiger partial charge in [0.25, 0.3) is 0 Å². The van der Waals surface area contributed by atoms with E-state index in [-0.39, 0.29) is 18.4 Å². The number of carboxylic acids is 1. The number of rotatable bonds is 5. The molecule has 0 bridgehead atoms. The maximum Gasteiger partial charge on any atom is 0.334 e. The zero-order valence-electron chi connectivity index (χ0n) is 10.2. The number of aliphatic carboxylic acids is 1. The van der Waals surface area contributed by atoms with Crippen LogP contribution in [0, 0.1) is 11.3 Å². The lowest BCUT2D eigenvalue weighted by Crippen LogP contribution is -2.48. The van der Waals surface area contributed by atoms with Crippen LogP contribution in [0.4, 0.5) is 0 Å². The van der Waals surface area contributed by atoms with E-state index in [4.69, 9.17) is 10.2 Å². The molecular formula is C11H20N2O4. The maximum atomic E-state index is 12.1. The summed E-state index contributed by atoms with van der Waals surface area (Å²) >= 11 is 0. The molecule has 1 rings (SSSR count). The molecule has 1 saturated heterocycles. The molecule has 0 saturated carbocycles. The van der Waals surface area contributed by atoms with Gasteiger partial charge in [-0.3, -0.25) is 4.79 Å². The second-order valence-corrected chi connectivity index (χ2v) is 4.80. The summed E-state index contributed by atoms with van der Waals surface area (Å²) in [6, 6.07) is 0. The molecule has 2 unspecified atom stereocenters. The van der Waals surface area contributed by atoms with Crippen LogP contribution in [0.25, 0.3) is 0 Å². The monoisotopic (exact) mass is 244 g/mol. The lowest BCUT2D eigenvalue weighted by molar-refractivity contribution is -0.146. The fourth-order valence-electron chi connectivity index (χ4n) is 2.11. The molecule has 2 atom stereocenters. The first-order valence-electron chi connectivity index (χ1n) is 5.80. The van der Waals surface area contributed by atoms with Gasteiger partial charge in [0, 0.05) is 6.54 Å². The molecule has 0 aromatic rings. The van der Waals surface area contributed by atoms with Crippen LogP contribution < -0.4 is 10.6 Å². The first kappa shape index (κ1) is 13.9. The molecule has 0 spiro atoms. The molecule has 98 valence electrons. The van der Waals surface area contributed by atoms with Gasteiger partial charge >= 0.3 is 5.97 Å². The van der Waals surface area contributed by atoms with Crippen LogP contribution in [0.2, 0.25) is 0 Å². The average molecular weight is 244 g/mol. The van der Waals surface area contributed by atoms with Crippen LogP contribution >= 0.6 is 0 Å². The fraction of sp³-hybridized carbons (Fsp3) is 0.818. The molecule has 0 radical (unpaired) electrons. The third kappa shape index (κ3) is 2.95. The number of aliphatic hydroxyl groups excluding tert-OH is 1. The van der Waals surface area contributed by atoms with Crippen molar-refractivity contribution in [1.82, 2.24) is 10.6 Å². The summed E-state index contributed by atoms with van der Waals surface area (Å²) in [6.07, 6.45) is -0.808. The Morgan fingerprint density at radius 3 is 2.53 bits per heavy atom. The highest BCUT2D eigenvalue weighted by Crippen LogP contribution is 2.34. The van der Waals surface area contributed by atoms with E-state index in [1.807, 2.05) is 13.8 Å². The molecule has 1 amide bonds. The molecule has 17 heavy (non-hydrogen) atoms. The summed E-state index contributed by atoms with van der Waals surface area (Å²) < 4.78 is 0. The van der Waals surface area contributed by atoms with Crippen LogP contribution in [0.15, 0.2) is 0 Å². The number of carboxylic acid groups (broad SMARTS) is 1. The van der Waals surface area contributed by atoms with Crippen molar-refractivity contribution in [2.45, 2.75) is 26.4 Å². The summed E-state index contributed by atoms with van der Waals surface area (Å²) in [5, 5.41) is 23.3. The minimum absolute atomic E-state index is 0.166. The molecule has 0 aromatic heterocycles. The van der Waals surface area contributed by atoms with Crippen molar-refractivity contribution in [3.05, 3.63) is 0 Å². The minimum Gasteiger partial charge on any atom is -0.479 e. The maximum absolute atomic E-state index is 12.1. The van der Waals surface area contributed by atoms with Crippen LogP contribution in [-0.2, 0) is 9.59 Å². The summed E-state index contributed by atoms with van der Waals surface area (Å²) in [5.41, 5.74) is -0.488. The van der Waals surface area contributed by atoms with Gasteiger partial charge in [-0.1, -0.05) is 13.8 Å². The second kappa shape index (κ2) is 5.46. The van der Waals surface area contributed by atoms with E-state index in [0.717, 1.165) is 13.0 Å². The summed E-state index contributed by atoms with van der Waals surface area (Å²) in [7, 11) is 0. The van der Waals surface area contributed by atoms with Crippen LogP contribution in [0.3, 0.4) is 0 Å². The topological polar surface area (TPSA) is 98.7 Å². The highest BCUT2D eigenvalue weighted by molar-refractivity contribution is 5.84. The van der Waals surface area contributed by atoms with Gasteiger partial charge in [-0.2, -0.15) is 0 Å². The van der Waals surface area contributed by atoms with E-state index in [9.17, 15) is 9.59 Å². The van der Waals surface area contributed by atoms with Gasteiger partial charge in [0.1, 0.15) is 0 Å². The molecule has 6 heteroatoms. The Hall–Kier alpha value is -1.14. The van der Waals surface area contributed by atoms with Gasteiger partial charge in [-0.25, -0.2) is 4.79 Å². The minimum atomic E-state index is -1.54. The van der Waals surface area contributed by atoms with E-state index < -0.39 is 17.5 Å². The molecule has 1 heterocycles. The van der Waals surface area contributed by atoms with E-state index in [2.05, 4.69) is 10.6 Å². The largest absolute Gasteiger partial charge is 0.479 e. The molecular weight excluding hydrogens is 224 g/mol. The number of carbonyl (C=O) groups is 2. The lowest BCUT2D eigenvalue weighted by atomic mass is 9.75. The SMILES string of the molecule is CC(C)C1(C(=O)NCC(O)C(=O)O)CCNC1. The predicted octanol–water partition coefficient (Wildman–Crippen LogP) is -0.816. The Labute approximate surface area is 100 Å². The Morgan fingerprint density at radius 1 is 1.47 bits per heavy atom. The highest BCUT2D eigenvalue weighted by Gasteiger charge is 2.43. The Bertz CT molecular complexity index is 298. The summed E-state index contributed by atoms with van der Waals surface area (Å²) in [4.78, 5) is 22.5. The standard InChI is InChI=1S/C11H20N2O4/c1-7(2)11(3-4-12-6-11)10(17)13-5-8(14)9(15)16/h7-8,12,14H,3-6H2,1-2H3,(H,13,17)(H,15,16). The Balaban J connectivity index is 2.58. The molecule has 1 aliphatic rings.